The van der Waals surface area contributed by atoms with Gasteiger partial charge in [-0.25, -0.2) is 4.37 Å². The maximum absolute atomic E-state index is 9.13. The molecule has 0 aliphatic carbocycles. The monoisotopic (exact) mass is 345 g/mol. The van der Waals surface area contributed by atoms with Crippen molar-refractivity contribution in [1.29, 1.82) is 0 Å². The van der Waals surface area contributed by atoms with Gasteiger partial charge < -0.3 is 5.11 Å². The molecule has 1 atom stereocenters. The van der Waals surface area contributed by atoms with E-state index < -0.39 is 0 Å². The predicted molar refractivity (Wildman–Crippen MR) is 99.6 cm³/mol. The molecular weight excluding hydrogens is 318 g/mol. The summed E-state index contributed by atoms with van der Waals surface area (Å²) in [4.78, 5) is 6.19. The molecule has 1 aliphatic heterocycles. The molecule has 4 nitrogen and oxygen atoms in total. The molecule has 0 saturated carbocycles. The Morgan fingerprint density at radius 2 is 1.71 bits per heavy atom. The van der Waals surface area contributed by atoms with Crippen LogP contribution >= 0.6 is 11.5 Å². The normalized spacial score (nSPS) is 18.2. The molecule has 2 aromatic rings. The van der Waals surface area contributed by atoms with Gasteiger partial charge in [-0.1, -0.05) is 38.1 Å². The molecule has 1 unspecified atom stereocenters. The number of nitrogens with zero attached hydrogens (tertiary/aromatic N) is 3. The minimum absolute atomic E-state index is 0.245. The lowest BCUT2D eigenvalue weighted by molar-refractivity contribution is 0.0953. The fraction of sp³-hybridized carbons (Fsp3) is 0.526. The van der Waals surface area contributed by atoms with Crippen molar-refractivity contribution in [2.45, 2.75) is 25.8 Å². The molecule has 1 aromatic heterocycles. The van der Waals surface area contributed by atoms with Crippen molar-refractivity contribution in [2.75, 3.05) is 39.3 Å². The summed E-state index contributed by atoms with van der Waals surface area (Å²) in [7, 11) is 0. The van der Waals surface area contributed by atoms with Gasteiger partial charge in [-0.05, 0) is 34.6 Å². The highest BCUT2D eigenvalue weighted by Crippen LogP contribution is 2.32. The Hall–Kier alpha value is -1.27. The van der Waals surface area contributed by atoms with Gasteiger partial charge in [0, 0.05) is 43.8 Å². The van der Waals surface area contributed by atoms with Crippen LogP contribution in [-0.4, -0.2) is 58.6 Å². The Labute approximate surface area is 148 Å². The summed E-state index contributed by atoms with van der Waals surface area (Å²) in [5, 5.41) is 9.13. The van der Waals surface area contributed by atoms with Crippen LogP contribution in [0.5, 0.6) is 0 Å². The SMILES string of the molecule is CC(C)c1ccc(C(c2ccns2)N2CCN(CCO)CC2)cc1. The van der Waals surface area contributed by atoms with Crippen LogP contribution in [0.2, 0.25) is 0 Å². The average Bonchev–Trinajstić information content (AvgIpc) is 3.11. The van der Waals surface area contributed by atoms with Crippen LogP contribution in [-0.2, 0) is 0 Å². The Kier molecular flexibility index (Phi) is 6.00. The summed E-state index contributed by atoms with van der Waals surface area (Å²) >= 11 is 1.60. The molecule has 0 bridgehead atoms. The molecule has 0 amide bonds. The zero-order chi connectivity index (χ0) is 16.9. The van der Waals surface area contributed by atoms with Crippen molar-refractivity contribution in [1.82, 2.24) is 14.2 Å². The van der Waals surface area contributed by atoms with Crippen molar-refractivity contribution < 1.29 is 5.11 Å². The van der Waals surface area contributed by atoms with Gasteiger partial charge >= 0.3 is 0 Å². The van der Waals surface area contributed by atoms with E-state index in [1.807, 2.05) is 6.20 Å². The number of hydrogen-bond acceptors (Lipinski definition) is 5. The number of β-amino-alcohol motifs (C(OH)–C–C–N with tert-alkyl or cyclic N) is 1. The molecule has 1 fully saturated rings. The average molecular weight is 346 g/mol. The van der Waals surface area contributed by atoms with Crippen molar-refractivity contribution in [3.05, 3.63) is 52.5 Å². The summed E-state index contributed by atoms with van der Waals surface area (Å²) < 4.78 is 4.33. The van der Waals surface area contributed by atoms with Crippen LogP contribution in [0.1, 0.15) is 41.8 Å². The smallest absolute Gasteiger partial charge is 0.0713 e. The number of aliphatic hydroxyl groups is 1. The summed E-state index contributed by atoms with van der Waals surface area (Å²) in [6, 6.07) is 11.5. The van der Waals surface area contributed by atoms with Gasteiger partial charge in [-0.15, -0.1) is 0 Å². The molecular formula is C19H27N3OS. The lowest BCUT2D eigenvalue weighted by atomic mass is 9.97. The molecule has 130 valence electrons. The van der Waals surface area contributed by atoms with Crippen molar-refractivity contribution in [3.63, 3.8) is 0 Å². The Balaban J connectivity index is 1.80. The quantitative estimate of drug-likeness (QED) is 0.874. The summed E-state index contributed by atoms with van der Waals surface area (Å²) in [5.74, 6) is 0.558. The van der Waals surface area contributed by atoms with Crippen molar-refractivity contribution in [2.24, 2.45) is 0 Å². The molecule has 3 rings (SSSR count). The molecule has 1 aliphatic rings. The van der Waals surface area contributed by atoms with E-state index in [-0.39, 0.29) is 12.6 Å². The number of hydrogen-bond donors (Lipinski definition) is 1. The van der Waals surface area contributed by atoms with Gasteiger partial charge in [-0.2, -0.15) is 0 Å². The molecule has 0 radical (unpaired) electrons. The highest BCUT2D eigenvalue weighted by atomic mass is 32.1. The van der Waals surface area contributed by atoms with E-state index in [4.69, 9.17) is 5.11 Å². The van der Waals surface area contributed by atoms with Crippen LogP contribution < -0.4 is 0 Å². The van der Waals surface area contributed by atoms with E-state index in [2.05, 4.69) is 58.4 Å². The van der Waals surface area contributed by atoms with Crippen LogP contribution in [0.3, 0.4) is 0 Å². The maximum Gasteiger partial charge on any atom is 0.0713 e. The molecule has 1 N–H and O–H groups in total. The fourth-order valence-corrected chi connectivity index (χ4v) is 4.12. The minimum Gasteiger partial charge on any atom is -0.395 e. The van der Waals surface area contributed by atoms with E-state index in [0.29, 0.717) is 5.92 Å². The zero-order valence-electron chi connectivity index (χ0n) is 14.6. The standard InChI is InChI=1S/C19H27N3OS/c1-15(2)16-3-5-17(6-4-16)19(18-7-8-20-24-18)22-11-9-21(10-12-22)13-14-23/h3-8,15,19,23H,9-14H2,1-2H3. The van der Waals surface area contributed by atoms with E-state index in [1.165, 1.54) is 16.0 Å². The largest absolute Gasteiger partial charge is 0.395 e. The van der Waals surface area contributed by atoms with E-state index in [0.717, 1.165) is 32.7 Å². The first-order valence-electron chi connectivity index (χ1n) is 8.76. The molecule has 1 saturated heterocycles. The summed E-state index contributed by atoms with van der Waals surface area (Å²) in [6.07, 6.45) is 1.90. The van der Waals surface area contributed by atoms with E-state index in [1.54, 1.807) is 11.5 Å². The Morgan fingerprint density at radius 1 is 1.04 bits per heavy atom. The van der Waals surface area contributed by atoms with E-state index in [9.17, 15) is 0 Å². The van der Waals surface area contributed by atoms with Crippen LogP contribution in [0.25, 0.3) is 0 Å². The third kappa shape index (κ3) is 4.03. The van der Waals surface area contributed by atoms with Crippen LogP contribution in [0.15, 0.2) is 36.5 Å². The van der Waals surface area contributed by atoms with Gasteiger partial charge in [0.05, 0.1) is 12.6 Å². The van der Waals surface area contributed by atoms with Gasteiger partial charge in [0.1, 0.15) is 0 Å². The number of rotatable bonds is 6. The van der Waals surface area contributed by atoms with E-state index >= 15 is 0 Å². The predicted octanol–water partition coefficient (Wildman–Crippen LogP) is 2.97. The van der Waals surface area contributed by atoms with Gasteiger partial charge in [0.25, 0.3) is 0 Å². The number of aromatic nitrogens is 1. The maximum atomic E-state index is 9.13. The lowest BCUT2D eigenvalue weighted by Crippen LogP contribution is -2.48. The fourth-order valence-electron chi connectivity index (χ4n) is 3.37. The first-order valence-corrected chi connectivity index (χ1v) is 9.54. The zero-order valence-corrected chi connectivity index (χ0v) is 15.4. The van der Waals surface area contributed by atoms with Gasteiger partial charge in [0.2, 0.25) is 0 Å². The van der Waals surface area contributed by atoms with Gasteiger partial charge in [-0.3, -0.25) is 9.80 Å². The highest BCUT2D eigenvalue weighted by molar-refractivity contribution is 7.05. The first kappa shape index (κ1) is 17.5. The molecule has 1 aromatic carbocycles. The molecule has 0 spiro atoms. The second-order valence-electron chi connectivity index (χ2n) is 6.74. The van der Waals surface area contributed by atoms with Gasteiger partial charge in [0.15, 0.2) is 0 Å². The topological polar surface area (TPSA) is 39.6 Å². The third-order valence-corrected chi connectivity index (χ3v) is 5.63. The minimum atomic E-state index is 0.245. The first-order chi connectivity index (χ1) is 11.7. The molecule has 24 heavy (non-hydrogen) atoms. The highest BCUT2D eigenvalue weighted by Gasteiger charge is 2.27. The third-order valence-electron chi connectivity index (χ3n) is 4.83. The Morgan fingerprint density at radius 3 is 2.25 bits per heavy atom. The molecule has 5 heteroatoms. The second kappa shape index (κ2) is 8.21. The van der Waals surface area contributed by atoms with Crippen LogP contribution in [0.4, 0.5) is 0 Å². The lowest BCUT2D eigenvalue weighted by Gasteiger charge is -2.39. The summed E-state index contributed by atoms with van der Waals surface area (Å²) in [5.41, 5.74) is 2.73. The molecule has 2 heterocycles. The van der Waals surface area contributed by atoms with Crippen LogP contribution in [0, 0.1) is 0 Å². The Bertz CT molecular complexity index is 604. The second-order valence-corrected chi connectivity index (χ2v) is 7.60. The number of benzene rings is 1. The van der Waals surface area contributed by atoms with Crippen molar-refractivity contribution >= 4 is 11.5 Å². The number of aliphatic hydroxyl groups excluding tert-OH is 1. The summed E-state index contributed by atoms with van der Waals surface area (Å²) in [6.45, 7) is 9.56. The number of piperazine rings is 1. The van der Waals surface area contributed by atoms with Crippen molar-refractivity contribution in [3.8, 4) is 0 Å².